The van der Waals surface area contributed by atoms with Crippen LogP contribution in [0.1, 0.15) is 28.8 Å². The number of nitrogens with one attached hydrogen (secondary N) is 1. The third kappa shape index (κ3) is 2.57. The van der Waals surface area contributed by atoms with Gasteiger partial charge in [0.25, 0.3) is 5.91 Å². The Bertz CT molecular complexity index is 399. The molecular formula is C12H12N2O. The van der Waals surface area contributed by atoms with Gasteiger partial charge in [-0.25, -0.2) is 0 Å². The molecule has 0 aliphatic heterocycles. The van der Waals surface area contributed by atoms with Crippen LogP contribution in [0.3, 0.4) is 0 Å². The van der Waals surface area contributed by atoms with E-state index in [0.29, 0.717) is 18.0 Å². The second-order valence-electron chi connectivity index (χ2n) is 3.78. The van der Waals surface area contributed by atoms with E-state index in [1.54, 1.807) is 12.1 Å². The molecule has 0 bridgehead atoms. The number of rotatable bonds is 3. The van der Waals surface area contributed by atoms with E-state index in [-0.39, 0.29) is 5.91 Å². The molecule has 1 N–H and O–H groups in total. The summed E-state index contributed by atoms with van der Waals surface area (Å²) in [7, 11) is 0. The molecule has 1 fully saturated rings. The molecule has 0 aromatic heterocycles. The lowest BCUT2D eigenvalue weighted by Crippen LogP contribution is -2.25. The molecule has 0 heterocycles. The van der Waals surface area contributed by atoms with Crippen LogP contribution in [0.2, 0.25) is 0 Å². The number of hydrogen-bond donors (Lipinski definition) is 1. The van der Waals surface area contributed by atoms with E-state index in [9.17, 15) is 4.79 Å². The van der Waals surface area contributed by atoms with Crippen molar-refractivity contribution < 1.29 is 4.79 Å². The molecule has 0 unspecified atom stereocenters. The van der Waals surface area contributed by atoms with Crippen LogP contribution >= 0.6 is 0 Å². The highest BCUT2D eigenvalue weighted by molar-refractivity contribution is 5.94. The first-order valence-corrected chi connectivity index (χ1v) is 5.06. The number of nitriles is 1. The minimum Gasteiger partial charge on any atom is -0.349 e. The van der Waals surface area contributed by atoms with Crippen LogP contribution in [0.25, 0.3) is 0 Å². The topological polar surface area (TPSA) is 52.9 Å². The van der Waals surface area contributed by atoms with E-state index in [2.05, 4.69) is 11.4 Å². The lowest BCUT2D eigenvalue weighted by molar-refractivity contribution is 0.0951. The lowest BCUT2D eigenvalue weighted by atomic mass is 10.1. The van der Waals surface area contributed by atoms with Gasteiger partial charge in [-0.1, -0.05) is 12.1 Å². The molecule has 15 heavy (non-hydrogen) atoms. The number of carbonyl (C=O) groups is 1. The van der Waals surface area contributed by atoms with Crippen LogP contribution in [-0.2, 0) is 6.42 Å². The van der Waals surface area contributed by atoms with Crippen molar-refractivity contribution in [3.63, 3.8) is 0 Å². The molecule has 0 saturated heterocycles. The first-order valence-electron chi connectivity index (χ1n) is 5.06. The van der Waals surface area contributed by atoms with Gasteiger partial charge >= 0.3 is 0 Å². The van der Waals surface area contributed by atoms with E-state index in [4.69, 9.17) is 5.26 Å². The van der Waals surface area contributed by atoms with E-state index >= 15 is 0 Å². The van der Waals surface area contributed by atoms with Gasteiger partial charge in [-0.05, 0) is 30.5 Å². The van der Waals surface area contributed by atoms with Crippen molar-refractivity contribution >= 4 is 5.91 Å². The van der Waals surface area contributed by atoms with Crippen LogP contribution in [0.15, 0.2) is 24.3 Å². The highest BCUT2D eigenvalue weighted by Gasteiger charge is 2.23. The molecule has 1 amide bonds. The summed E-state index contributed by atoms with van der Waals surface area (Å²) in [6, 6.07) is 9.65. The van der Waals surface area contributed by atoms with E-state index in [0.717, 1.165) is 18.4 Å². The zero-order valence-electron chi connectivity index (χ0n) is 8.36. The molecule has 3 heteroatoms. The molecule has 1 aliphatic rings. The van der Waals surface area contributed by atoms with Crippen LogP contribution < -0.4 is 5.32 Å². The second-order valence-corrected chi connectivity index (χ2v) is 3.78. The standard InChI is InChI=1S/C12H12N2O/c13-8-7-9-1-3-10(4-2-9)12(15)14-11-5-6-11/h1-4,11H,5-7H2,(H,14,15). The summed E-state index contributed by atoms with van der Waals surface area (Å²) in [5.74, 6) is -0.0130. The Kier molecular flexibility index (Phi) is 2.68. The molecule has 1 aromatic carbocycles. The Morgan fingerprint density at radius 3 is 2.60 bits per heavy atom. The summed E-state index contributed by atoms with van der Waals surface area (Å²) >= 11 is 0. The Labute approximate surface area is 88.7 Å². The molecule has 0 radical (unpaired) electrons. The van der Waals surface area contributed by atoms with Crippen molar-refractivity contribution in [2.45, 2.75) is 25.3 Å². The fourth-order valence-electron chi connectivity index (χ4n) is 1.36. The quantitative estimate of drug-likeness (QED) is 0.806. The average Bonchev–Trinajstić information content (AvgIpc) is 3.03. The number of amides is 1. The molecule has 1 saturated carbocycles. The van der Waals surface area contributed by atoms with E-state index in [1.807, 2.05) is 12.1 Å². The zero-order chi connectivity index (χ0) is 10.7. The molecule has 0 spiro atoms. The van der Waals surface area contributed by atoms with Crippen molar-refractivity contribution in [1.29, 1.82) is 5.26 Å². The minimum absolute atomic E-state index is 0.0130. The van der Waals surface area contributed by atoms with Crippen LogP contribution in [0, 0.1) is 11.3 Å². The van der Waals surface area contributed by atoms with Gasteiger partial charge < -0.3 is 5.32 Å². The van der Waals surface area contributed by atoms with Crippen molar-refractivity contribution in [3.05, 3.63) is 35.4 Å². The summed E-state index contributed by atoms with van der Waals surface area (Å²) in [4.78, 5) is 11.6. The Morgan fingerprint density at radius 2 is 2.07 bits per heavy atom. The fraction of sp³-hybridized carbons (Fsp3) is 0.333. The van der Waals surface area contributed by atoms with Gasteiger partial charge in [0.15, 0.2) is 0 Å². The molecule has 76 valence electrons. The average molecular weight is 200 g/mol. The maximum absolute atomic E-state index is 11.6. The van der Waals surface area contributed by atoms with Gasteiger partial charge in [0.1, 0.15) is 0 Å². The third-order valence-electron chi connectivity index (χ3n) is 2.41. The Morgan fingerprint density at radius 1 is 1.40 bits per heavy atom. The van der Waals surface area contributed by atoms with Gasteiger partial charge in [0.05, 0.1) is 12.5 Å². The van der Waals surface area contributed by atoms with Crippen molar-refractivity contribution in [2.24, 2.45) is 0 Å². The molecule has 2 rings (SSSR count). The summed E-state index contributed by atoms with van der Waals surface area (Å²) < 4.78 is 0. The molecule has 3 nitrogen and oxygen atoms in total. The van der Waals surface area contributed by atoms with Gasteiger partial charge in [-0.3, -0.25) is 4.79 Å². The predicted molar refractivity (Wildman–Crippen MR) is 56.2 cm³/mol. The highest BCUT2D eigenvalue weighted by atomic mass is 16.1. The summed E-state index contributed by atoms with van der Waals surface area (Å²) in [5, 5.41) is 11.4. The summed E-state index contributed by atoms with van der Waals surface area (Å²) in [5.41, 5.74) is 1.61. The van der Waals surface area contributed by atoms with Gasteiger partial charge in [0, 0.05) is 11.6 Å². The van der Waals surface area contributed by atoms with E-state index in [1.165, 1.54) is 0 Å². The molecule has 1 aromatic rings. The summed E-state index contributed by atoms with van der Waals surface area (Å²) in [6.07, 6.45) is 2.58. The smallest absolute Gasteiger partial charge is 0.251 e. The normalized spacial score (nSPS) is 14.3. The van der Waals surface area contributed by atoms with E-state index < -0.39 is 0 Å². The molecule has 0 atom stereocenters. The number of carbonyl (C=O) groups excluding carboxylic acids is 1. The fourth-order valence-corrected chi connectivity index (χ4v) is 1.36. The van der Waals surface area contributed by atoms with Gasteiger partial charge in [0.2, 0.25) is 0 Å². The largest absolute Gasteiger partial charge is 0.349 e. The van der Waals surface area contributed by atoms with Gasteiger partial charge in [-0.15, -0.1) is 0 Å². The highest BCUT2D eigenvalue weighted by Crippen LogP contribution is 2.19. The summed E-state index contributed by atoms with van der Waals surface area (Å²) in [6.45, 7) is 0. The first-order chi connectivity index (χ1) is 7.29. The Balaban J connectivity index is 2.02. The van der Waals surface area contributed by atoms with Crippen molar-refractivity contribution in [1.82, 2.24) is 5.32 Å². The Hall–Kier alpha value is -1.82. The maximum Gasteiger partial charge on any atom is 0.251 e. The number of nitrogens with zero attached hydrogens (tertiary/aromatic N) is 1. The van der Waals surface area contributed by atoms with Crippen LogP contribution in [-0.4, -0.2) is 11.9 Å². The van der Waals surface area contributed by atoms with Crippen molar-refractivity contribution in [2.75, 3.05) is 0 Å². The zero-order valence-corrected chi connectivity index (χ0v) is 8.36. The SMILES string of the molecule is N#CCc1ccc(C(=O)NC2CC2)cc1. The third-order valence-corrected chi connectivity index (χ3v) is 2.41. The molecule has 1 aliphatic carbocycles. The number of benzene rings is 1. The predicted octanol–water partition coefficient (Wildman–Crippen LogP) is 1.64. The van der Waals surface area contributed by atoms with Crippen LogP contribution in [0.5, 0.6) is 0 Å². The van der Waals surface area contributed by atoms with Crippen molar-refractivity contribution in [3.8, 4) is 6.07 Å². The van der Waals surface area contributed by atoms with Gasteiger partial charge in [-0.2, -0.15) is 5.26 Å². The second kappa shape index (κ2) is 4.14. The maximum atomic E-state index is 11.6. The minimum atomic E-state index is -0.0130. The first kappa shape index (κ1) is 9.72. The van der Waals surface area contributed by atoms with Crippen LogP contribution in [0.4, 0.5) is 0 Å². The number of hydrogen-bond acceptors (Lipinski definition) is 2. The lowest BCUT2D eigenvalue weighted by Gasteiger charge is -2.03. The monoisotopic (exact) mass is 200 g/mol. The molecular weight excluding hydrogens is 188 g/mol.